The number of anilines is 1. The zero-order valence-electron chi connectivity index (χ0n) is 15.6. The Balaban J connectivity index is 2.01. The fraction of sp³-hybridized carbons (Fsp3) is 0.353. The van der Waals surface area contributed by atoms with E-state index in [-0.39, 0.29) is 18.7 Å². The quantitative estimate of drug-likeness (QED) is 0.492. The van der Waals surface area contributed by atoms with Crippen LogP contribution in [0.5, 0.6) is 0 Å². The van der Waals surface area contributed by atoms with Crippen molar-refractivity contribution >= 4 is 33.2 Å². The third-order valence-corrected chi connectivity index (χ3v) is 6.73. The first-order chi connectivity index (χ1) is 14.2. The lowest BCUT2D eigenvalue weighted by Crippen LogP contribution is -2.43. The number of aromatic nitrogens is 1. The lowest BCUT2D eigenvalue weighted by molar-refractivity contribution is -0.147. The molecule has 1 aliphatic heterocycles. The average molecular weight is 490 g/mol. The van der Waals surface area contributed by atoms with Gasteiger partial charge in [0.15, 0.2) is 17.5 Å². The lowest BCUT2D eigenvalue weighted by Gasteiger charge is -2.17. The summed E-state index contributed by atoms with van der Waals surface area (Å²) in [6.45, 7) is 0.737. The summed E-state index contributed by atoms with van der Waals surface area (Å²) >= 11 is 6.09. The summed E-state index contributed by atoms with van der Waals surface area (Å²) in [5.74, 6) is -5.98. The van der Waals surface area contributed by atoms with Gasteiger partial charge in [-0.3, -0.25) is 4.79 Å². The van der Waals surface area contributed by atoms with Crippen LogP contribution in [-0.4, -0.2) is 31.1 Å². The first-order valence-corrected chi connectivity index (χ1v) is 10.6. The van der Waals surface area contributed by atoms with Gasteiger partial charge in [-0.1, -0.05) is 11.6 Å². The number of hydrogen-bond donors (Lipinski definition) is 2. The number of fused-ring (bicyclic) bond motifs is 1. The van der Waals surface area contributed by atoms with Gasteiger partial charge in [-0.15, -0.1) is 0 Å². The maximum atomic E-state index is 13.4. The van der Waals surface area contributed by atoms with Crippen LogP contribution in [0.1, 0.15) is 29.5 Å². The summed E-state index contributed by atoms with van der Waals surface area (Å²) in [5.41, 5.74) is -0.868. The Morgan fingerprint density at radius 3 is 2.32 bits per heavy atom. The Kier molecular flexibility index (Phi) is 6.06. The van der Waals surface area contributed by atoms with Gasteiger partial charge in [-0.25, -0.2) is 21.6 Å². The van der Waals surface area contributed by atoms with Crippen LogP contribution in [0.15, 0.2) is 17.0 Å². The molecule has 2 aromatic rings. The van der Waals surface area contributed by atoms with E-state index in [1.165, 1.54) is 9.29 Å². The first-order valence-electron chi connectivity index (χ1n) is 8.69. The molecule has 1 aromatic heterocycles. The van der Waals surface area contributed by atoms with Gasteiger partial charge < -0.3 is 9.88 Å². The minimum absolute atomic E-state index is 0.0218. The Morgan fingerprint density at radius 1 is 1.19 bits per heavy atom. The molecule has 2 N–H and O–H groups in total. The van der Waals surface area contributed by atoms with E-state index in [1.54, 1.807) is 0 Å². The Bertz CT molecular complexity index is 1140. The van der Waals surface area contributed by atoms with Crippen molar-refractivity contribution in [2.75, 3.05) is 5.32 Å². The number of alkyl halides is 3. The van der Waals surface area contributed by atoms with Crippen LogP contribution >= 0.6 is 11.6 Å². The number of nitrogens with one attached hydrogen (secondary N) is 2. The van der Waals surface area contributed by atoms with E-state index in [0.717, 1.165) is 0 Å². The Hall–Kier alpha value is -2.25. The van der Waals surface area contributed by atoms with E-state index in [2.05, 4.69) is 5.32 Å². The van der Waals surface area contributed by atoms with Gasteiger partial charge in [0.2, 0.25) is 10.0 Å². The second-order valence-corrected chi connectivity index (χ2v) is 8.81. The van der Waals surface area contributed by atoms with Gasteiger partial charge in [0.25, 0.3) is 5.91 Å². The van der Waals surface area contributed by atoms with Gasteiger partial charge in [-0.05, 0) is 19.8 Å². The fourth-order valence-corrected chi connectivity index (χ4v) is 5.36. The smallest absolute Gasteiger partial charge is 0.338 e. The standard InChI is InChI=1S/C17H14ClF6N3O3S/c1-7(17(22,23)24)26-31(29,30)15-11-3-2-4-27(11)14(12(15)18)16(28)25-8-5-9(19)13(21)10(20)6-8/h5-7,26H,2-4H2,1H3,(H,25,28)/t7-/m1/s1. The number of rotatable bonds is 5. The van der Waals surface area contributed by atoms with Crippen LogP contribution in [0.3, 0.4) is 0 Å². The molecule has 1 amide bonds. The van der Waals surface area contributed by atoms with Crippen LogP contribution in [0.4, 0.5) is 32.0 Å². The highest BCUT2D eigenvalue weighted by atomic mass is 35.5. The van der Waals surface area contributed by atoms with E-state index >= 15 is 0 Å². The summed E-state index contributed by atoms with van der Waals surface area (Å²) in [6, 6.07) is -1.42. The number of hydrogen-bond acceptors (Lipinski definition) is 3. The minimum Gasteiger partial charge on any atom is -0.338 e. The van der Waals surface area contributed by atoms with Crippen LogP contribution in [0, 0.1) is 17.5 Å². The van der Waals surface area contributed by atoms with Gasteiger partial charge in [0.1, 0.15) is 16.6 Å². The molecule has 3 rings (SSSR count). The second kappa shape index (κ2) is 8.02. The molecule has 6 nitrogen and oxygen atoms in total. The van der Waals surface area contributed by atoms with Gasteiger partial charge in [-0.2, -0.15) is 17.9 Å². The van der Waals surface area contributed by atoms with Crippen molar-refractivity contribution < 1.29 is 39.6 Å². The Morgan fingerprint density at radius 2 is 1.77 bits per heavy atom. The molecule has 0 fully saturated rings. The van der Waals surface area contributed by atoms with E-state index in [1.807, 2.05) is 0 Å². The van der Waals surface area contributed by atoms with E-state index in [4.69, 9.17) is 11.6 Å². The molecule has 14 heteroatoms. The van der Waals surface area contributed by atoms with Crippen molar-refractivity contribution in [2.45, 2.75) is 43.4 Å². The molecule has 0 spiro atoms. The zero-order chi connectivity index (χ0) is 23.3. The topological polar surface area (TPSA) is 80.2 Å². The van der Waals surface area contributed by atoms with E-state index < -0.39 is 66.9 Å². The van der Waals surface area contributed by atoms with Crippen LogP contribution < -0.4 is 10.0 Å². The van der Waals surface area contributed by atoms with Crippen molar-refractivity contribution in [3.8, 4) is 0 Å². The molecule has 31 heavy (non-hydrogen) atoms. The van der Waals surface area contributed by atoms with Crippen molar-refractivity contribution in [1.82, 2.24) is 9.29 Å². The summed E-state index contributed by atoms with van der Waals surface area (Å²) < 4.78 is 106. The van der Waals surface area contributed by atoms with Gasteiger partial charge in [0.05, 0.1) is 5.02 Å². The molecule has 1 aliphatic rings. The molecule has 0 radical (unpaired) electrons. The minimum atomic E-state index is -4.86. The SMILES string of the molecule is C[C@@H](NS(=O)(=O)c1c(Cl)c(C(=O)Nc2cc(F)c(F)c(F)c2)n2c1CCC2)C(F)(F)F. The number of carbonyl (C=O) groups excluding carboxylic acids is 1. The molecule has 2 heterocycles. The third kappa shape index (κ3) is 4.39. The summed E-state index contributed by atoms with van der Waals surface area (Å²) in [6.07, 6.45) is -4.37. The largest absolute Gasteiger partial charge is 0.404 e. The molecule has 0 bridgehead atoms. The van der Waals surface area contributed by atoms with Crippen molar-refractivity contribution in [2.24, 2.45) is 0 Å². The number of amides is 1. The zero-order valence-corrected chi connectivity index (χ0v) is 17.2. The predicted molar refractivity (Wildman–Crippen MR) is 97.9 cm³/mol. The molecule has 170 valence electrons. The van der Waals surface area contributed by atoms with Crippen LogP contribution in [0.25, 0.3) is 0 Å². The number of sulfonamides is 1. The maximum Gasteiger partial charge on any atom is 0.404 e. The summed E-state index contributed by atoms with van der Waals surface area (Å²) in [4.78, 5) is 12.0. The number of benzene rings is 1. The molecule has 0 saturated carbocycles. The number of halogens is 7. The number of carbonyl (C=O) groups is 1. The molecule has 0 aliphatic carbocycles. The lowest BCUT2D eigenvalue weighted by atomic mass is 10.2. The Labute approximate surface area is 177 Å². The van der Waals surface area contributed by atoms with Crippen molar-refractivity contribution in [1.29, 1.82) is 0 Å². The highest BCUT2D eigenvalue weighted by Crippen LogP contribution is 2.37. The summed E-state index contributed by atoms with van der Waals surface area (Å²) in [7, 11) is -4.78. The third-order valence-electron chi connectivity index (χ3n) is 4.61. The maximum absolute atomic E-state index is 13.4. The normalized spacial score (nSPS) is 15.1. The van der Waals surface area contributed by atoms with Crippen molar-refractivity contribution in [3.05, 3.63) is 46.0 Å². The van der Waals surface area contributed by atoms with Crippen LogP contribution in [0.2, 0.25) is 5.02 Å². The molecule has 0 saturated heterocycles. The molecule has 1 atom stereocenters. The monoisotopic (exact) mass is 489 g/mol. The van der Waals surface area contributed by atoms with Crippen molar-refractivity contribution in [3.63, 3.8) is 0 Å². The van der Waals surface area contributed by atoms with Crippen LogP contribution in [-0.2, 0) is 23.0 Å². The predicted octanol–water partition coefficient (Wildman–Crippen LogP) is 3.99. The molecule has 1 aromatic carbocycles. The average Bonchev–Trinajstić information content (AvgIpc) is 3.17. The van der Waals surface area contributed by atoms with E-state index in [9.17, 15) is 39.6 Å². The molecule has 0 unspecified atom stereocenters. The molecular formula is C17H14ClF6N3O3S. The molecular weight excluding hydrogens is 476 g/mol. The number of nitrogens with zero attached hydrogens (tertiary/aromatic N) is 1. The van der Waals surface area contributed by atoms with E-state index in [0.29, 0.717) is 25.5 Å². The second-order valence-electron chi connectivity index (χ2n) is 6.79. The van der Waals surface area contributed by atoms with Gasteiger partial charge >= 0.3 is 6.18 Å². The highest BCUT2D eigenvalue weighted by molar-refractivity contribution is 7.89. The first kappa shape index (κ1) is 23.4. The fourth-order valence-electron chi connectivity index (χ4n) is 3.18. The van der Waals surface area contributed by atoms with Gasteiger partial charge in [0, 0.05) is 30.1 Å². The summed E-state index contributed by atoms with van der Waals surface area (Å²) in [5, 5.41) is 1.44. The highest BCUT2D eigenvalue weighted by Gasteiger charge is 2.42.